The van der Waals surface area contributed by atoms with Crippen LogP contribution in [-0.4, -0.2) is 17.9 Å². The first kappa shape index (κ1) is 13.3. The number of hydrogen-bond acceptors (Lipinski definition) is 2. The first-order valence-electron chi connectivity index (χ1n) is 5.22. The van der Waals surface area contributed by atoms with Gasteiger partial charge in [-0.05, 0) is 34.5 Å². The number of carbonyl (C=O) groups excluding carboxylic acids is 2. The summed E-state index contributed by atoms with van der Waals surface area (Å²) in [5, 5.41) is 5.21. The van der Waals surface area contributed by atoms with Crippen molar-refractivity contribution in [2.75, 3.05) is 5.32 Å². The number of halogens is 3. The molecule has 1 saturated heterocycles. The van der Waals surface area contributed by atoms with Crippen LogP contribution in [0.25, 0.3) is 0 Å². The van der Waals surface area contributed by atoms with Crippen molar-refractivity contribution in [2.45, 2.75) is 18.9 Å². The molecule has 1 aliphatic rings. The van der Waals surface area contributed by atoms with Gasteiger partial charge in [-0.2, -0.15) is 0 Å². The lowest BCUT2D eigenvalue weighted by atomic mass is 10.2. The molecule has 1 fully saturated rings. The fraction of sp³-hybridized carbons (Fsp3) is 0.273. The van der Waals surface area contributed by atoms with Gasteiger partial charge in [-0.25, -0.2) is 4.39 Å². The summed E-state index contributed by atoms with van der Waals surface area (Å²) in [6.45, 7) is 0. The second-order valence-corrected chi connectivity index (χ2v) is 5.15. The average molecular weight is 336 g/mol. The summed E-state index contributed by atoms with van der Waals surface area (Å²) in [4.78, 5) is 22.9. The number of hydrogen-bond donors (Lipinski definition) is 2. The highest BCUT2D eigenvalue weighted by molar-refractivity contribution is 9.10. The van der Waals surface area contributed by atoms with Gasteiger partial charge in [-0.1, -0.05) is 11.6 Å². The highest BCUT2D eigenvalue weighted by Crippen LogP contribution is 2.32. The molecule has 1 aromatic rings. The molecular formula is C11H9BrClFN2O2. The Labute approximate surface area is 116 Å². The molecule has 1 heterocycles. The first-order chi connectivity index (χ1) is 8.47. The van der Waals surface area contributed by atoms with Gasteiger partial charge in [0.05, 0.1) is 10.7 Å². The minimum atomic E-state index is -0.564. The Hall–Kier alpha value is -1.14. The van der Waals surface area contributed by atoms with Crippen LogP contribution >= 0.6 is 27.5 Å². The predicted octanol–water partition coefficient (Wildman–Crippen LogP) is 2.46. The van der Waals surface area contributed by atoms with Gasteiger partial charge in [-0.3, -0.25) is 9.59 Å². The summed E-state index contributed by atoms with van der Waals surface area (Å²) in [6.07, 6.45) is 0.775. The molecule has 2 rings (SSSR count). The quantitative estimate of drug-likeness (QED) is 0.872. The smallest absolute Gasteiger partial charge is 0.247 e. The SMILES string of the molecule is O=C1CC[C@@H](C(=O)Nc2c(Cl)cc(F)cc2Br)N1. The molecule has 7 heteroatoms. The molecule has 0 unspecified atom stereocenters. The molecule has 0 aromatic heterocycles. The number of benzene rings is 1. The lowest BCUT2D eigenvalue weighted by Gasteiger charge is -2.13. The van der Waals surface area contributed by atoms with Crippen molar-refractivity contribution >= 4 is 45.0 Å². The van der Waals surface area contributed by atoms with Crippen molar-refractivity contribution in [3.63, 3.8) is 0 Å². The Kier molecular flexibility index (Phi) is 3.87. The van der Waals surface area contributed by atoms with Gasteiger partial charge in [0.1, 0.15) is 11.9 Å². The van der Waals surface area contributed by atoms with Crippen molar-refractivity contribution in [3.8, 4) is 0 Å². The topological polar surface area (TPSA) is 58.2 Å². The average Bonchev–Trinajstić information content (AvgIpc) is 2.70. The van der Waals surface area contributed by atoms with Crippen LogP contribution in [0.1, 0.15) is 12.8 Å². The maximum Gasteiger partial charge on any atom is 0.247 e. The zero-order valence-electron chi connectivity index (χ0n) is 9.10. The maximum atomic E-state index is 13.0. The van der Waals surface area contributed by atoms with E-state index >= 15 is 0 Å². The molecule has 0 bridgehead atoms. The second kappa shape index (κ2) is 5.24. The molecular weight excluding hydrogens is 326 g/mol. The number of anilines is 1. The number of amides is 2. The molecule has 18 heavy (non-hydrogen) atoms. The molecule has 4 nitrogen and oxygen atoms in total. The zero-order valence-corrected chi connectivity index (χ0v) is 11.4. The van der Waals surface area contributed by atoms with Gasteiger partial charge in [0, 0.05) is 10.9 Å². The third kappa shape index (κ3) is 2.81. The fourth-order valence-electron chi connectivity index (χ4n) is 1.68. The van der Waals surface area contributed by atoms with Gasteiger partial charge in [0.25, 0.3) is 0 Å². The lowest BCUT2D eigenvalue weighted by molar-refractivity contribution is -0.122. The van der Waals surface area contributed by atoms with E-state index in [2.05, 4.69) is 26.6 Å². The molecule has 96 valence electrons. The molecule has 2 amide bonds. The van der Waals surface area contributed by atoms with Crippen LogP contribution in [0.15, 0.2) is 16.6 Å². The van der Waals surface area contributed by atoms with E-state index in [4.69, 9.17) is 11.6 Å². The van der Waals surface area contributed by atoms with Crippen molar-refractivity contribution in [1.29, 1.82) is 0 Å². The highest BCUT2D eigenvalue weighted by atomic mass is 79.9. The summed E-state index contributed by atoms with van der Waals surface area (Å²) in [5.74, 6) is -1.02. The van der Waals surface area contributed by atoms with E-state index < -0.39 is 11.9 Å². The summed E-state index contributed by atoms with van der Waals surface area (Å²) in [5.41, 5.74) is 0.296. The van der Waals surface area contributed by atoms with E-state index in [-0.39, 0.29) is 16.8 Å². The van der Waals surface area contributed by atoms with Crippen molar-refractivity contribution in [2.24, 2.45) is 0 Å². The number of carbonyl (C=O) groups is 2. The van der Waals surface area contributed by atoms with E-state index in [9.17, 15) is 14.0 Å². The van der Waals surface area contributed by atoms with Gasteiger partial charge in [0.15, 0.2) is 0 Å². The largest absolute Gasteiger partial charge is 0.344 e. The van der Waals surface area contributed by atoms with Gasteiger partial charge in [-0.15, -0.1) is 0 Å². The van der Waals surface area contributed by atoms with Crippen LogP contribution < -0.4 is 10.6 Å². The summed E-state index contributed by atoms with van der Waals surface area (Å²) < 4.78 is 13.4. The van der Waals surface area contributed by atoms with Gasteiger partial charge >= 0.3 is 0 Å². The van der Waals surface area contributed by atoms with Crippen LogP contribution in [0.4, 0.5) is 10.1 Å². The van der Waals surface area contributed by atoms with Crippen LogP contribution in [0.5, 0.6) is 0 Å². The van der Waals surface area contributed by atoms with E-state index in [1.807, 2.05) is 0 Å². The van der Waals surface area contributed by atoms with Crippen LogP contribution in [0, 0.1) is 5.82 Å². The highest BCUT2D eigenvalue weighted by Gasteiger charge is 2.27. The van der Waals surface area contributed by atoms with Crippen molar-refractivity contribution < 1.29 is 14.0 Å². The Balaban J connectivity index is 2.14. The maximum absolute atomic E-state index is 13.0. The number of nitrogens with one attached hydrogen (secondary N) is 2. The predicted molar refractivity (Wildman–Crippen MR) is 68.9 cm³/mol. The van der Waals surface area contributed by atoms with Crippen molar-refractivity contribution in [1.82, 2.24) is 5.32 Å². The monoisotopic (exact) mass is 334 g/mol. The molecule has 0 spiro atoms. The third-order valence-corrected chi connectivity index (χ3v) is 3.49. The Bertz CT molecular complexity index is 501. The second-order valence-electron chi connectivity index (χ2n) is 3.89. The number of rotatable bonds is 2. The van der Waals surface area contributed by atoms with Crippen molar-refractivity contribution in [3.05, 3.63) is 27.4 Å². The molecule has 0 aliphatic carbocycles. The van der Waals surface area contributed by atoms with Crippen LogP contribution in [0.2, 0.25) is 5.02 Å². The van der Waals surface area contributed by atoms with Gasteiger partial charge < -0.3 is 10.6 Å². The zero-order chi connectivity index (χ0) is 13.3. The first-order valence-corrected chi connectivity index (χ1v) is 6.39. The minimum absolute atomic E-state index is 0.0968. The summed E-state index contributed by atoms with van der Waals surface area (Å²) in [6, 6.07) is 1.75. The van der Waals surface area contributed by atoms with E-state index in [0.29, 0.717) is 23.0 Å². The normalized spacial score (nSPS) is 18.6. The van der Waals surface area contributed by atoms with E-state index in [0.717, 1.165) is 6.07 Å². The molecule has 1 aliphatic heterocycles. The lowest BCUT2D eigenvalue weighted by Crippen LogP contribution is -2.37. The Morgan fingerprint density at radius 3 is 2.83 bits per heavy atom. The molecule has 2 N–H and O–H groups in total. The minimum Gasteiger partial charge on any atom is -0.344 e. The van der Waals surface area contributed by atoms with E-state index in [1.54, 1.807) is 0 Å². The van der Waals surface area contributed by atoms with Crippen LogP contribution in [0.3, 0.4) is 0 Å². The van der Waals surface area contributed by atoms with Gasteiger partial charge in [0.2, 0.25) is 11.8 Å². The molecule has 1 atom stereocenters. The molecule has 1 aromatic carbocycles. The molecule has 0 radical (unpaired) electrons. The van der Waals surface area contributed by atoms with Crippen LogP contribution in [-0.2, 0) is 9.59 Å². The molecule has 0 saturated carbocycles. The fourth-order valence-corrected chi connectivity index (χ4v) is 2.58. The third-order valence-electron chi connectivity index (χ3n) is 2.57. The Morgan fingerprint density at radius 1 is 1.56 bits per heavy atom. The Morgan fingerprint density at radius 2 is 2.28 bits per heavy atom. The van der Waals surface area contributed by atoms with E-state index in [1.165, 1.54) is 6.07 Å². The summed E-state index contributed by atoms with van der Waals surface area (Å²) >= 11 is 8.96. The summed E-state index contributed by atoms with van der Waals surface area (Å²) in [7, 11) is 0. The standard InChI is InChI=1S/C11H9BrClFN2O2/c12-6-3-5(14)4-7(13)10(6)16-11(18)8-1-2-9(17)15-8/h3-4,8H,1-2H2,(H,15,17)(H,16,18)/t8-/m0/s1.